The molecule has 0 spiro atoms. The average Bonchev–Trinajstić information content (AvgIpc) is 3.10. The Morgan fingerprint density at radius 2 is 2.00 bits per heavy atom. The Kier molecular flexibility index (Phi) is 4.05. The van der Waals surface area contributed by atoms with E-state index >= 15 is 0 Å². The monoisotopic (exact) mass is 379 g/mol. The normalized spacial score (nSPS) is 15.8. The maximum atomic E-state index is 14.2. The lowest BCUT2D eigenvalue weighted by Crippen LogP contribution is -2.56. The third-order valence-electron chi connectivity index (χ3n) is 5.33. The topological polar surface area (TPSA) is 55.1 Å². The van der Waals surface area contributed by atoms with Crippen molar-refractivity contribution in [2.24, 2.45) is 0 Å². The Morgan fingerprint density at radius 3 is 2.82 bits per heavy atom. The Labute approximate surface area is 160 Å². The van der Waals surface area contributed by atoms with Gasteiger partial charge in [-0.1, -0.05) is 12.1 Å². The quantitative estimate of drug-likeness (QED) is 0.574. The van der Waals surface area contributed by atoms with E-state index in [1.165, 1.54) is 12.1 Å². The van der Waals surface area contributed by atoms with E-state index < -0.39 is 5.67 Å². The van der Waals surface area contributed by atoms with Gasteiger partial charge in [-0.15, -0.1) is 10.2 Å². The van der Waals surface area contributed by atoms with Crippen LogP contribution in [0.1, 0.15) is 18.4 Å². The molecule has 0 atom stereocenters. The number of rotatable bonds is 5. The fraction of sp³-hybridized carbons (Fsp3) is 0.286. The fourth-order valence-corrected chi connectivity index (χ4v) is 3.77. The molecule has 0 radical (unpaired) electrons. The van der Waals surface area contributed by atoms with E-state index in [0.29, 0.717) is 43.9 Å². The van der Waals surface area contributed by atoms with Crippen molar-refractivity contribution in [3.63, 3.8) is 0 Å². The van der Waals surface area contributed by atoms with Crippen LogP contribution in [0, 0.1) is 5.82 Å². The molecule has 28 heavy (non-hydrogen) atoms. The van der Waals surface area contributed by atoms with Crippen molar-refractivity contribution < 1.29 is 8.78 Å². The summed E-state index contributed by atoms with van der Waals surface area (Å²) in [6.07, 6.45) is 3.58. The molecule has 142 valence electrons. The van der Waals surface area contributed by atoms with Gasteiger partial charge in [0.05, 0.1) is 5.52 Å². The molecule has 0 unspecified atom stereocenters. The number of benzene rings is 1. The summed E-state index contributed by atoms with van der Waals surface area (Å²) in [7, 11) is 0. The minimum atomic E-state index is -1.12. The molecule has 4 aromatic rings. The van der Waals surface area contributed by atoms with Crippen LogP contribution in [-0.4, -0.2) is 38.3 Å². The van der Waals surface area contributed by atoms with E-state index in [1.807, 2.05) is 40.9 Å². The Bertz CT molecular complexity index is 1170. The first-order valence-corrected chi connectivity index (χ1v) is 9.40. The lowest BCUT2D eigenvalue weighted by atomic mass is 9.91. The van der Waals surface area contributed by atoms with Gasteiger partial charge in [-0.3, -0.25) is 4.40 Å². The van der Waals surface area contributed by atoms with Crippen LogP contribution in [0.3, 0.4) is 0 Å². The molecule has 1 aromatic carbocycles. The van der Waals surface area contributed by atoms with Crippen LogP contribution in [0.15, 0.2) is 48.7 Å². The highest BCUT2D eigenvalue weighted by molar-refractivity contribution is 5.84. The standard InChI is InChI=1S/C21H19F2N5/c22-16-10-14(4-3-8-21(23)12-24-13-21)19-15(11-16)6-7-17(25-19)20-27-26-18-5-1-2-9-28(18)20/h1-2,5-7,9-11,24H,3-4,8,12-13H2. The second-order valence-electron chi connectivity index (χ2n) is 7.39. The number of pyridine rings is 2. The minimum Gasteiger partial charge on any atom is -0.310 e. The maximum Gasteiger partial charge on any atom is 0.187 e. The number of alkyl halides is 1. The molecule has 4 heterocycles. The van der Waals surface area contributed by atoms with Crippen LogP contribution in [0.4, 0.5) is 8.78 Å². The lowest BCUT2D eigenvalue weighted by Gasteiger charge is -2.35. The summed E-state index contributed by atoms with van der Waals surface area (Å²) in [5.74, 6) is 0.335. The first-order chi connectivity index (χ1) is 13.6. The Morgan fingerprint density at radius 1 is 1.11 bits per heavy atom. The fourth-order valence-electron chi connectivity index (χ4n) is 3.77. The van der Waals surface area contributed by atoms with Crippen LogP contribution in [0.5, 0.6) is 0 Å². The largest absolute Gasteiger partial charge is 0.310 e. The number of hydrogen-bond donors (Lipinski definition) is 1. The molecular weight excluding hydrogens is 360 g/mol. The molecule has 5 rings (SSSR count). The zero-order chi connectivity index (χ0) is 19.1. The second kappa shape index (κ2) is 6.60. The van der Waals surface area contributed by atoms with Crippen LogP contribution < -0.4 is 5.32 Å². The number of fused-ring (bicyclic) bond motifs is 2. The minimum absolute atomic E-state index is 0.301. The maximum absolute atomic E-state index is 14.2. The van der Waals surface area contributed by atoms with Crippen molar-refractivity contribution in [2.45, 2.75) is 24.9 Å². The Hall–Kier alpha value is -2.93. The third kappa shape index (κ3) is 3.01. The van der Waals surface area contributed by atoms with Crippen molar-refractivity contribution in [1.29, 1.82) is 0 Å². The summed E-state index contributed by atoms with van der Waals surface area (Å²) in [5.41, 5.74) is 1.81. The van der Waals surface area contributed by atoms with Crippen LogP contribution in [0.2, 0.25) is 0 Å². The second-order valence-corrected chi connectivity index (χ2v) is 7.39. The first kappa shape index (κ1) is 17.2. The predicted molar refractivity (Wildman–Crippen MR) is 103 cm³/mol. The average molecular weight is 379 g/mol. The molecule has 3 aromatic heterocycles. The van der Waals surface area contributed by atoms with Crippen molar-refractivity contribution in [2.75, 3.05) is 13.1 Å². The summed E-state index contributed by atoms with van der Waals surface area (Å²) in [4.78, 5) is 4.76. The molecule has 1 N–H and O–H groups in total. The Balaban J connectivity index is 1.51. The van der Waals surface area contributed by atoms with Gasteiger partial charge in [0, 0.05) is 24.7 Å². The van der Waals surface area contributed by atoms with Crippen LogP contribution in [0.25, 0.3) is 28.1 Å². The SMILES string of the molecule is Fc1cc(CCCC2(F)CNC2)c2nc(-c3nnc4ccccn34)ccc2c1. The van der Waals surface area contributed by atoms with E-state index in [4.69, 9.17) is 4.98 Å². The number of nitrogens with one attached hydrogen (secondary N) is 1. The lowest BCUT2D eigenvalue weighted by molar-refractivity contribution is 0.0782. The smallest absolute Gasteiger partial charge is 0.187 e. The van der Waals surface area contributed by atoms with Gasteiger partial charge in [-0.25, -0.2) is 13.8 Å². The van der Waals surface area contributed by atoms with Gasteiger partial charge < -0.3 is 5.32 Å². The van der Waals surface area contributed by atoms with Crippen molar-refractivity contribution in [3.05, 3.63) is 60.0 Å². The van der Waals surface area contributed by atoms with E-state index in [0.717, 1.165) is 22.1 Å². The zero-order valence-electron chi connectivity index (χ0n) is 15.2. The van der Waals surface area contributed by atoms with Gasteiger partial charge in [0.2, 0.25) is 0 Å². The van der Waals surface area contributed by atoms with E-state index in [9.17, 15) is 8.78 Å². The number of aromatic nitrogens is 4. The van der Waals surface area contributed by atoms with Gasteiger partial charge in [0.1, 0.15) is 17.2 Å². The molecule has 0 aliphatic carbocycles. The summed E-state index contributed by atoms with van der Waals surface area (Å²) < 4.78 is 30.2. The van der Waals surface area contributed by atoms with Gasteiger partial charge in [0.15, 0.2) is 11.5 Å². The highest BCUT2D eigenvalue weighted by atomic mass is 19.1. The van der Waals surface area contributed by atoms with Crippen LogP contribution in [-0.2, 0) is 6.42 Å². The summed E-state index contributed by atoms with van der Waals surface area (Å²) in [5, 5.41) is 12.1. The molecule has 0 bridgehead atoms. The van der Waals surface area contributed by atoms with Gasteiger partial charge in [0.25, 0.3) is 0 Å². The first-order valence-electron chi connectivity index (χ1n) is 9.40. The number of aryl methyl sites for hydroxylation is 1. The molecule has 1 fully saturated rings. The number of halogens is 2. The molecule has 1 aliphatic heterocycles. The van der Waals surface area contributed by atoms with Crippen molar-refractivity contribution >= 4 is 16.6 Å². The van der Waals surface area contributed by atoms with Crippen LogP contribution >= 0.6 is 0 Å². The highest BCUT2D eigenvalue weighted by Crippen LogP contribution is 2.27. The van der Waals surface area contributed by atoms with E-state index in [1.54, 1.807) is 0 Å². The van der Waals surface area contributed by atoms with Crippen molar-refractivity contribution in [1.82, 2.24) is 24.9 Å². The van der Waals surface area contributed by atoms with E-state index in [2.05, 4.69) is 15.5 Å². The molecule has 1 saturated heterocycles. The molecular formula is C21H19F2N5. The molecule has 0 amide bonds. The molecule has 5 nitrogen and oxygen atoms in total. The predicted octanol–water partition coefficient (Wildman–Crippen LogP) is 3.72. The molecule has 1 aliphatic rings. The highest BCUT2D eigenvalue weighted by Gasteiger charge is 2.35. The zero-order valence-corrected chi connectivity index (χ0v) is 15.2. The third-order valence-corrected chi connectivity index (χ3v) is 5.33. The molecule has 0 saturated carbocycles. The van der Waals surface area contributed by atoms with E-state index in [-0.39, 0.29) is 5.82 Å². The number of nitrogens with zero attached hydrogens (tertiary/aromatic N) is 4. The van der Waals surface area contributed by atoms with Crippen molar-refractivity contribution in [3.8, 4) is 11.5 Å². The van der Waals surface area contributed by atoms with Gasteiger partial charge in [-0.2, -0.15) is 0 Å². The van der Waals surface area contributed by atoms with Gasteiger partial charge >= 0.3 is 0 Å². The summed E-state index contributed by atoms with van der Waals surface area (Å²) in [6, 6.07) is 12.3. The van der Waals surface area contributed by atoms with Gasteiger partial charge in [-0.05, 0) is 55.2 Å². The summed E-state index contributed by atoms with van der Waals surface area (Å²) in [6.45, 7) is 0.804. The summed E-state index contributed by atoms with van der Waals surface area (Å²) >= 11 is 0. The molecule has 7 heteroatoms. The number of hydrogen-bond acceptors (Lipinski definition) is 4.